The Morgan fingerprint density at radius 1 is 1.33 bits per heavy atom. The molecule has 21 heavy (non-hydrogen) atoms. The molecular weight excluding hydrogens is 315 g/mol. The molecule has 114 valence electrons. The largest absolute Gasteiger partial charge is 0.366 e. The van der Waals surface area contributed by atoms with Gasteiger partial charge in [-0.1, -0.05) is 0 Å². The SMILES string of the molecule is O=[N+]([O-])c1ccc(N2CCN(C[C@@H]3CC3(Cl)Cl)CC2)cn1. The first-order valence-corrected chi connectivity index (χ1v) is 7.67. The summed E-state index contributed by atoms with van der Waals surface area (Å²) in [7, 11) is 0. The van der Waals surface area contributed by atoms with E-state index >= 15 is 0 Å². The Morgan fingerprint density at radius 3 is 2.48 bits per heavy atom. The maximum atomic E-state index is 10.6. The number of hydrogen-bond acceptors (Lipinski definition) is 5. The molecule has 3 rings (SSSR count). The maximum absolute atomic E-state index is 10.6. The maximum Gasteiger partial charge on any atom is 0.363 e. The van der Waals surface area contributed by atoms with Gasteiger partial charge in [0.15, 0.2) is 6.20 Å². The van der Waals surface area contributed by atoms with E-state index in [0.29, 0.717) is 5.92 Å². The lowest BCUT2D eigenvalue weighted by atomic mass is 10.2. The predicted octanol–water partition coefficient (Wildman–Crippen LogP) is 2.31. The molecule has 0 unspecified atom stereocenters. The van der Waals surface area contributed by atoms with Crippen molar-refractivity contribution in [1.82, 2.24) is 9.88 Å². The summed E-state index contributed by atoms with van der Waals surface area (Å²) in [6.45, 7) is 4.58. The second-order valence-corrected chi connectivity index (χ2v) is 7.12. The topological polar surface area (TPSA) is 62.5 Å². The molecule has 1 saturated carbocycles. The summed E-state index contributed by atoms with van der Waals surface area (Å²) in [4.78, 5) is 18.5. The molecule has 1 aromatic rings. The van der Waals surface area contributed by atoms with Gasteiger partial charge in [0.25, 0.3) is 0 Å². The standard InChI is InChI=1S/C13H16Cl2N4O2/c14-13(15)7-10(13)9-17-3-5-18(6-4-17)11-1-2-12(16-8-11)19(20)21/h1-2,8,10H,3-7,9H2/t10-/m0/s1. The van der Waals surface area contributed by atoms with Gasteiger partial charge in [-0.3, -0.25) is 4.90 Å². The van der Waals surface area contributed by atoms with Crippen LogP contribution in [0.25, 0.3) is 0 Å². The Bertz CT molecular complexity index is 529. The molecule has 0 aromatic carbocycles. The summed E-state index contributed by atoms with van der Waals surface area (Å²) in [6.07, 6.45) is 2.44. The zero-order valence-electron chi connectivity index (χ0n) is 11.4. The summed E-state index contributed by atoms with van der Waals surface area (Å²) in [5.74, 6) is 0.264. The average Bonchev–Trinajstić information content (AvgIpc) is 3.06. The molecule has 0 amide bonds. The van der Waals surface area contributed by atoms with Gasteiger partial charge in [-0.15, -0.1) is 23.2 Å². The zero-order chi connectivity index (χ0) is 15.0. The minimum atomic E-state index is -0.514. The van der Waals surface area contributed by atoms with Crippen molar-refractivity contribution in [2.75, 3.05) is 37.6 Å². The first-order chi connectivity index (χ1) is 9.95. The Hall–Kier alpha value is -1.11. The van der Waals surface area contributed by atoms with Crippen LogP contribution in [0.4, 0.5) is 11.5 Å². The number of rotatable bonds is 4. The average molecular weight is 331 g/mol. The highest BCUT2D eigenvalue weighted by molar-refractivity contribution is 6.50. The number of nitro groups is 1. The van der Waals surface area contributed by atoms with Gasteiger partial charge in [-0.25, -0.2) is 0 Å². The van der Waals surface area contributed by atoms with Gasteiger partial charge in [0, 0.05) is 44.7 Å². The van der Waals surface area contributed by atoms with Crippen LogP contribution >= 0.6 is 23.2 Å². The van der Waals surface area contributed by atoms with Gasteiger partial charge >= 0.3 is 5.82 Å². The molecule has 8 heteroatoms. The number of aromatic nitrogens is 1. The second-order valence-electron chi connectivity index (χ2n) is 5.58. The van der Waals surface area contributed by atoms with Crippen molar-refractivity contribution in [1.29, 1.82) is 0 Å². The first kappa shape index (κ1) is 14.8. The molecule has 1 aliphatic carbocycles. The number of hydrogen-bond donors (Lipinski definition) is 0. The van der Waals surface area contributed by atoms with Crippen LogP contribution in [0.15, 0.2) is 18.3 Å². The number of piperazine rings is 1. The lowest BCUT2D eigenvalue weighted by Crippen LogP contribution is -2.47. The fraction of sp³-hybridized carbons (Fsp3) is 0.615. The molecule has 6 nitrogen and oxygen atoms in total. The van der Waals surface area contributed by atoms with Crippen LogP contribution in [0.5, 0.6) is 0 Å². The number of anilines is 1. The van der Waals surface area contributed by atoms with Crippen LogP contribution in [0.3, 0.4) is 0 Å². The van der Waals surface area contributed by atoms with E-state index in [-0.39, 0.29) is 5.82 Å². The molecule has 0 N–H and O–H groups in total. The van der Waals surface area contributed by atoms with E-state index in [9.17, 15) is 10.1 Å². The molecule has 2 fully saturated rings. The highest BCUT2D eigenvalue weighted by Crippen LogP contribution is 2.53. The summed E-state index contributed by atoms with van der Waals surface area (Å²) >= 11 is 12.1. The monoisotopic (exact) mass is 330 g/mol. The van der Waals surface area contributed by atoms with Crippen molar-refractivity contribution in [2.24, 2.45) is 5.92 Å². The minimum absolute atomic E-state index is 0.119. The third-order valence-electron chi connectivity index (χ3n) is 4.09. The van der Waals surface area contributed by atoms with Gasteiger partial charge in [0.1, 0.15) is 4.33 Å². The van der Waals surface area contributed by atoms with Crippen molar-refractivity contribution in [3.05, 3.63) is 28.4 Å². The molecule has 1 aliphatic heterocycles. The Kier molecular flexibility index (Phi) is 3.94. The number of nitrogens with zero attached hydrogens (tertiary/aromatic N) is 4. The third-order valence-corrected chi connectivity index (χ3v) is 5.02. The van der Waals surface area contributed by atoms with Gasteiger partial charge in [-0.05, 0) is 22.4 Å². The summed E-state index contributed by atoms with van der Waals surface area (Å²) in [5.41, 5.74) is 0.927. The van der Waals surface area contributed by atoms with Crippen molar-refractivity contribution in [3.63, 3.8) is 0 Å². The van der Waals surface area contributed by atoms with Crippen LogP contribution < -0.4 is 4.90 Å². The van der Waals surface area contributed by atoms with Gasteiger partial charge in [0.05, 0.1) is 5.69 Å². The van der Waals surface area contributed by atoms with Crippen LogP contribution in [0.1, 0.15) is 6.42 Å². The van der Waals surface area contributed by atoms with Crippen LogP contribution in [-0.4, -0.2) is 51.9 Å². The molecule has 1 aromatic heterocycles. The summed E-state index contributed by atoms with van der Waals surface area (Å²) in [5, 5.41) is 10.6. The fourth-order valence-electron chi connectivity index (χ4n) is 2.64. The lowest BCUT2D eigenvalue weighted by molar-refractivity contribution is -0.389. The second kappa shape index (κ2) is 5.59. The molecule has 0 spiro atoms. The van der Waals surface area contributed by atoms with E-state index in [1.165, 1.54) is 6.07 Å². The molecule has 2 heterocycles. The number of alkyl halides is 2. The van der Waals surface area contributed by atoms with E-state index in [4.69, 9.17) is 23.2 Å². The molecular formula is C13H16Cl2N4O2. The van der Waals surface area contributed by atoms with Gasteiger partial charge in [0.2, 0.25) is 0 Å². The molecule has 0 radical (unpaired) electrons. The number of pyridine rings is 1. The normalized spacial score (nSPS) is 24.9. The van der Waals surface area contributed by atoms with Gasteiger partial charge in [-0.2, -0.15) is 0 Å². The van der Waals surface area contributed by atoms with E-state index in [1.807, 2.05) is 0 Å². The van der Waals surface area contributed by atoms with Crippen molar-refractivity contribution < 1.29 is 4.92 Å². The lowest BCUT2D eigenvalue weighted by Gasteiger charge is -2.35. The van der Waals surface area contributed by atoms with Crippen molar-refractivity contribution >= 4 is 34.7 Å². The van der Waals surface area contributed by atoms with Crippen LogP contribution in [0.2, 0.25) is 0 Å². The highest BCUT2D eigenvalue weighted by Gasteiger charge is 2.52. The summed E-state index contributed by atoms with van der Waals surface area (Å²) in [6, 6.07) is 3.20. The Morgan fingerprint density at radius 2 is 2.00 bits per heavy atom. The van der Waals surface area contributed by atoms with Crippen LogP contribution in [-0.2, 0) is 0 Å². The minimum Gasteiger partial charge on any atom is -0.366 e. The van der Waals surface area contributed by atoms with Crippen LogP contribution in [0, 0.1) is 16.0 Å². The van der Waals surface area contributed by atoms with Crippen molar-refractivity contribution in [2.45, 2.75) is 10.8 Å². The molecule has 1 atom stereocenters. The first-order valence-electron chi connectivity index (χ1n) is 6.91. The highest BCUT2D eigenvalue weighted by atomic mass is 35.5. The molecule has 2 aliphatic rings. The Balaban J connectivity index is 1.52. The van der Waals surface area contributed by atoms with E-state index in [0.717, 1.165) is 44.8 Å². The fourth-order valence-corrected chi connectivity index (χ4v) is 3.15. The quantitative estimate of drug-likeness (QED) is 0.481. The Labute approximate surface area is 132 Å². The molecule has 0 bridgehead atoms. The third kappa shape index (κ3) is 3.39. The predicted molar refractivity (Wildman–Crippen MR) is 82.1 cm³/mol. The smallest absolute Gasteiger partial charge is 0.363 e. The van der Waals surface area contributed by atoms with E-state index in [2.05, 4.69) is 14.8 Å². The van der Waals surface area contributed by atoms with E-state index in [1.54, 1.807) is 12.3 Å². The summed E-state index contributed by atoms with van der Waals surface area (Å²) < 4.78 is -0.514. The zero-order valence-corrected chi connectivity index (χ0v) is 12.9. The molecule has 1 saturated heterocycles. The van der Waals surface area contributed by atoms with E-state index < -0.39 is 9.26 Å². The number of halogens is 2. The van der Waals surface area contributed by atoms with Crippen molar-refractivity contribution in [3.8, 4) is 0 Å². The van der Waals surface area contributed by atoms with Gasteiger partial charge < -0.3 is 15.0 Å².